The van der Waals surface area contributed by atoms with E-state index in [9.17, 15) is 13.6 Å². The number of hydrogen-bond donors (Lipinski definition) is 0. The SMILES string of the molecule is O=CC1(Br)C=C(F)C=C(F)C1. The van der Waals surface area contributed by atoms with Crippen molar-refractivity contribution >= 4 is 22.2 Å². The maximum absolute atomic E-state index is 12.5. The first-order valence-electron chi connectivity index (χ1n) is 2.95. The fourth-order valence-corrected chi connectivity index (χ4v) is 1.34. The van der Waals surface area contributed by atoms with Crippen molar-refractivity contribution in [1.29, 1.82) is 0 Å². The fourth-order valence-electron chi connectivity index (χ4n) is 0.857. The maximum Gasteiger partial charge on any atom is 0.141 e. The minimum atomic E-state index is -1.18. The minimum absolute atomic E-state index is 0.121. The monoisotopic (exact) mass is 222 g/mol. The molecule has 0 radical (unpaired) electrons. The summed E-state index contributed by atoms with van der Waals surface area (Å²) >= 11 is 2.91. The van der Waals surface area contributed by atoms with Crippen molar-refractivity contribution < 1.29 is 13.6 Å². The average molecular weight is 223 g/mol. The molecule has 1 aliphatic carbocycles. The third-order valence-electron chi connectivity index (χ3n) is 1.31. The third kappa shape index (κ3) is 1.96. The standard InChI is InChI=1S/C7H5BrF2O/c8-7(4-11)2-5(9)1-6(10)3-7/h1-2,4H,3H2. The molecule has 0 heterocycles. The topological polar surface area (TPSA) is 17.1 Å². The highest BCUT2D eigenvalue weighted by atomic mass is 79.9. The number of hydrogen-bond acceptors (Lipinski definition) is 1. The molecule has 11 heavy (non-hydrogen) atoms. The minimum Gasteiger partial charge on any atom is -0.301 e. The molecule has 0 aromatic rings. The van der Waals surface area contributed by atoms with E-state index < -0.39 is 16.0 Å². The summed E-state index contributed by atoms with van der Waals surface area (Å²) < 4.78 is 23.8. The molecule has 60 valence electrons. The van der Waals surface area contributed by atoms with E-state index in [-0.39, 0.29) is 6.42 Å². The highest BCUT2D eigenvalue weighted by Crippen LogP contribution is 2.33. The predicted molar refractivity (Wildman–Crippen MR) is 40.7 cm³/mol. The molecule has 0 saturated carbocycles. The molecule has 1 atom stereocenters. The number of allylic oxidation sites excluding steroid dienone is 4. The molecule has 1 aliphatic rings. The van der Waals surface area contributed by atoms with Crippen LogP contribution in [0, 0.1) is 0 Å². The quantitative estimate of drug-likeness (QED) is 0.492. The first kappa shape index (κ1) is 8.59. The van der Waals surface area contributed by atoms with Crippen LogP contribution in [0.3, 0.4) is 0 Å². The van der Waals surface area contributed by atoms with Crippen molar-refractivity contribution in [3.63, 3.8) is 0 Å². The van der Waals surface area contributed by atoms with E-state index >= 15 is 0 Å². The van der Waals surface area contributed by atoms with Gasteiger partial charge in [-0.05, 0) is 6.08 Å². The molecule has 0 bridgehead atoms. The van der Waals surface area contributed by atoms with Gasteiger partial charge in [0, 0.05) is 12.5 Å². The van der Waals surface area contributed by atoms with Crippen LogP contribution in [0.2, 0.25) is 0 Å². The van der Waals surface area contributed by atoms with Crippen LogP contribution in [0.15, 0.2) is 23.8 Å². The van der Waals surface area contributed by atoms with Gasteiger partial charge in [0.1, 0.15) is 22.3 Å². The molecule has 0 aromatic carbocycles. The number of aldehydes is 1. The fraction of sp³-hybridized carbons (Fsp3) is 0.286. The Hall–Kier alpha value is -0.510. The molecule has 1 unspecified atom stereocenters. The van der Waals surface area contributed by atoms with Gasteiger partial charge in [-0.2, -0.15) is 0 Å². The van der Waals surface area contributed by atoms with E-state index in [4.69, 9.17) is 0 Å². The Labute approximate surface area is 70.9 Å². The highest BCUT2D eigenvalue weighted by molar-refractivity contribution is 9.10. The van der Waals surface area contributed by atoms with Crippen LogP contribution < -0.4 is 0 Å². The smallest absolute Gasteiger partial charge is 0.141 e. The normalized spacial score (nSPS) is 30.8. The van der Waals surface area contributed by atoms with Crippen LogP contribution in [0.4, 0.5) is 8.78 Å². The van der Waals surface area contributed by atoms with Crippen LogP contribution in [-0.4, -0.2) is 10.6 Å². The highest BCUT2D eigenvalue weighted by Gasteiger charge is 2.29. The van der Waals surface area contributed by atoms with Crippen LogP contribution in [0.5, 0.6) is 0 Å². The molecule has 0 N–H and O–H groups in total. The Bertz CT molecular complexity index is 247. The summed E-state index contributed by atoms with van der Waals surface area (Å²) in [7, 11) is 0. The molecule has 1 nitrogen and oxygen atoms in total. The van der Waals surface area contributed by atoms with E-state index in [1.54, 1.807) is 0 Å². The largest absolute Gasteiger partial charge is 0.301 e. The van der Waals surface area contributed by atoms with E-state index in [0.717, 1.165) is 12.2 Å². The summed E-state index contributed by atoms with van der Waals surface area (Å²) in [5, 5.41) is 0. The Morgan fingerprint density at radius 2 is 2.27 bits per heavy atom. The molecule has 0 saturated heterocycles. The molecule has 0 spiro atoms. The van der Waals surface area contributed by atoms with Crippen molar-refractivity contribution in [2.75, 3.05) is 0 Å². The van der Waals surface area contributed by atoms with Crippen LogP contribution >= 0.6 is 15.9 Å². The molecule has 0 fully saturated rings. The summed E-state index contributed by atoms with van der Waals surface area (Å²) in [5.41, 5.74) is 0. The Kier molecular flexibility index (Phi) is 2.23. The van der Waals surface area contributed by atoms with Crippen LogP contribution in [0.25, 0.3) is 0 Å². The van der Waals surface area contributed by atoms with Gasteiger partial charge in [-0.1, -0.05) is 15.9 Å². The van der Waals surface area contributed by atoms with Gasteiger partial charge in [0.15, 0.2) is 0 Å². The van der Waals surface area contributed by atoms with Gasteiger partial charge in [-0.3, -0.25) is 0 Å². The molecule has 0 amide bonds. The van der Waals surface area contributed by atoms with Gasteiger partial charge < -0.3 is 4.79 Å². The summed E-state index contributed by atoms with van der Waals surface area (Å²) in [6.45, 7) is 0. The molecule has 4 heteroatoms. The van der Waals surface area contributed by atoms with E-state index in [1.165, 1.54) is 0 Å². The first-order chi connectivity index (χ1) is 5.06. The number of alkyl halides is 1. The van der Waals surface area contributed by atoms with Crippen molar-refractivity contribution in [2.24, 2.45) is 0 Å². The Morgan fingerprint density at radius 1 is 1.64 bits per heavy atom. The lowest BCUT2D eigenvalue weighted by atomic mass is 10.0. The molecule has 1 rings (SSSR count). The van der Waals surface area contributed by atoms with Gasteiger partial charge in [-0.25, -0.2) is 8.78 Å². The first-order valence-corrected chi connectivity index (χ1v) is 3.75. The van der Waals surface area contributed by atoms with Crippen molar-refractivity contribution in [3.8, 4) is 0 Å². The Morgan fingerprint density at radius 3 is 2.73 bits per heavy atom. The number of carbonyl (C=O) groups excluding carboxylic acids is 1. The zero-order valence-corrected chi connectivity index (χ0v) is 7.07. The average Bonchev–Trinajstić information content (AvgIpc) is 1.84. The zero-order chi connectivity index (χ0) is 8.48. The third-order valence-corrected chi connectivity index (χ3v) is 2.00. The van der Waals surface area contributed by atoms with Crippen LogP contribution in [-0.2, 0) is 4.79 Å². The Balaban J connectivity index is 2.95. The van der Waals surface area contributed by atoms with Gasteiger partial charge in [-0.15, -0.1) is 0 Å². The van der Waals surface area contributed by atoms with Gasteiger partial charge in [0.2, 0.25) is 0 Å². The van der Waals surface area contributed by atoms with Crippen LogP contribution in [0.1, 0.15) is 6.42 Å². The zero-order valence-electron chi connectivity index (χ0n) is 5.48. The molecular formula is C7H5BrF2O. The second kappa shape index (κ2) is 2.85. The van der Waals surface area contributed by atoms with Crippen molar-refractivity contribution in [1.82, 2.24) is 0 Å². The summed E-state index contributed by atoms with van der Waals surface area (Å²) in [6.07, 6.45) is 2.16. The second-order valence-electron chi connectivity index (χ2n) is 2.34. The van der Waals surface area contributed by atoms with E-state index in [2.05, 4.69) is 15.9 Å². The van der Waals surface area contributed by atoms with Crippen molar-refractivity contribution in [3.05, 3.63) is 23.8 Å². The molecule has 0 aliphatic heterocycles. The lowest BCUT2D eigenvalue weighted by Gasteiger charge is -2.18. The van der Waals surface area contributed by atoms with Gasteiger partial charge >= 0.3 is 0 Å². The van der Waals surface area contributed by atoms with E-state index in [0.29, 0.717) is 6.29 Å². The van der Waals surface area contributed by atoms with Gasteiger partial charge in [0.25, 0.3) is 0 Å². The lowest BCUT2D eigenvalue weighted by Crippen LogP contribution is -2.22. The molecule has 0 aromatic heterocycles. The lowest BCUT2D eigenvalue weighted by molar-refractivity contribution is -0.108. The predicted octanol–water partition coefficient (Wildman–Crippen LogP) is 2.43. The number of carbonyl (C=O) groups is 1. The second-order valence-corrected chi connectivity index (χ2v) is 3.82. The van der Waals surface area contributed by atoms with E-state index in [1.807, 2.05) is 0 Å². The molecular weight excluding hydrogens is 218 g/mol. The van der Waals surface area contributed by atoms with Gasteiger partial charge in [0.05, 0.1) is 0 Å². The van der Waals surface area contributed by atoms with Crippen molar-refractivity contribution in [2.45, 2.75) is 10.7 Å². The number of rotatable bonds is 1. The maximum atomic E-state index is 12.5. The number of halogens is 3. The summed E-state index contributed by atoms with van der Waals surface area (Å²) in [4.78, 5) is 10.3. The summed E-state index contributed by atoms with van der Waals surface area (Å²) in [6, 6.07) is 0. The summed E-state index contributed by atoms with van der Waals surface area (Å²) in [5.74, 6) is -1.35.